The van der Waals surface area contributed by atoms with Crippen molar-refractivity contribution in [2.24, 2.45) is 4.99 Å². The molecule has 1 atom stereocenters. The van der Waals surface area contributed by atoms with Gasteiger partial charge in [0.1, 0.15) is 18.5 Å². The molecule has 2 aromatic rings. The lowest BCUT2D eigenvalue weighted by atomic mass is 10.2. The summed E-state index contributed by atoms with van der Waals surface area (Å²) in [6.45, 7) is 6.35. The molecule has 0 amide bonds. The van der Waals surface area contributed by atoms with E-state index in [9.17, 15) is 0 Å². The number of aryl methyl sites for hydroxylation is 1. The molecule has 2 N–H and O–H groups in total. The Morgan fingerprint density at radius 1 is 1.17 bits per heavy atom. The third-order valence-electron chi connectivity index (χ3n) is 3.90. The second-order valence-electron chi connectivity index (χ2n) is 6.40. The molecule has 0 fully saturated rings. The van der Waals surface area contributed by atoms with E-state index < -0.39 is 0 Å². The van der Waals surface area contributed by atoms with E-state index in [0.29, 0.717) is 38.1 Å². The zero-order valence-electron chi connectivity index (χ0n) is 17.5. The van der Waals surface area contributed by atoms with Crippen molar-refractivity contribution in [3.05, 3.63) is 53.7 Å². The van der Waals surface area contributed by atoms with E-state index in [-0.39, 0.29) is 30.1 Å². The van der Waals surface area contributed by atoms with Crippen molar-refractivity contribution in [3.8, 4) is 11.6 Å². The number of aromatic nitrogens is 1. The predicted molar refractivity (Wildman–Crippen MR) is 126 cm³/mol. The van der Waals surface area contributed by atoms with Gasteiger partial charge >= 0.3 is 0 Å². The fourth-order valence-corrected chi connectivity index (χ4v) is 2.44. The number of nitrogens with zero attached hydrogens (tertiary/aromatic N) is 2. The Balaban J connectivity index is 0.00000420. The standard InChI is InChI=1S/C21H30N4O3.HI/c1-16-6-5-7-19(12-16)28-17(2)13-24-21(22-3)25-15-18-8-9-20(23-14-18)27-11-10-26-4;/h5-9,12,14,17H,10-11,13,15H2,1-4H3,(H2,22,24,25);1H. The quantitative estimate of drug-likeness (QED) is 0.220. The summed E-state index contributed by atoms with van der Waals surface area (Å²) in [4.78, 5) is 8.53. The number of aliphatic imine (C=N–C) groups is 1. The van der Waals surface area contributed by atoms with Crippen LogP contribution < -0.4 is 20.1 Å². The fourth-order valence-electron chi connectivity index (χ4n) is 2.44. The van der Waals surface area contributed by atoms with Gasteiger partial charge in [0, 0.05) is 33.0 Å². The maximum atomic E-state index is 5.93. The van der Waals surface area contributed by atoms with Crippen LogP contribution >= 0.6 is 24.0 Å². The smallest absolute Gasteiger partial charge is 0.213 e. The van der Waals surface area contributed by atoms with Crippen LogP contribution in [-0.4, -0.2) is 51.0 Å². The third-order valence-corrected chi connectivity index (χ3v) is 3.90. The van der Waals surface area contributed by atoms with Gasteiger partial charge in [-0.15, -0.1) is 24.0 Å². The van der Waals surface area contributed by atoms with Crippen LogP contribution in [0.3, 0.4) is 0 Å². The number of nitrogens with one attached hydrogen (secondary N) is 2. The highest BCUT2D eigenvalue weighted by atomic mass is 127. The molecule has 1 aromatic carbocycles. The number of guanidine groups is 1. The Labute approximate surface area is 190 Å². The molecule has 0 bridgehead atoms. The Kier molecular flexibility index (Phi) is 12.1. The van der Waals surface area contributed by atoms with Gasteiger partial charge in [0.05, 0.1) is 13.2 Å². The highest BCUT2D eigenvalue weighted by Crippen LogP contribution is 2.13. The summed E-state index contributed by atoms with van der Waals surface area (Å²) in [7, 11) is 3.38. The molecule has 160 valence electrons. The van der Waals surface area contributed by atoms with E-state index in [4.69, 9.17) is 14.2 Å². The molecule has 0 spiro atoms. The van der Waals surface area contributed by atoms with Crippen LogP contribution in [0.25, 0.3) is 0 Å². The van der Waals surface area contributed by atoms with E-state index in [1.165, 1.54) is 5.56 Å². The summed E-state index contributed by atoms with van der Waals surface area (Å²) in [5, 5.41) is 6.54. The van der Waals surface area contributed by atoms with Gasteiger partial charge in [-0.3, -0.25) is 4.99 Å². The second-order valence-corrected chi connectivity index (χ2v) is 6.40. The minimum absolute atomic E-state index is 0. The summed E-state index contributed by atoms with van der Waals surface area (Å²) >= 11 is 0. The van der Waals surface area contributed by atoms with Crippen molar-refractivity contribution in [2.75, 3.05) is 33.9 Å². The van der Waals surface area contributed by atoms with Gasteiger partial charge in [0.15, 0.2) is 5.96 Å². The SMILES string of the molecule is CN=C(NCc1ccc(OCCOC)nc1)NCC(C)Oc1cccc(C)c1.I. The van der Waals surface area contributed by atoms with Gasteiger partial charge in [0.25, 0.3) is 0 Å². The van der Waals surface area contributed by atoms with E-state index in [1.54, 1.807) is 20.4 Å². The monoisotopic (exact) mass is 514 g/mol. The van der Waals surface area contributed by atoms with Crippen LogP contribution in [0.4, 0.5) is 0 Å². The third kappa shape index (κ3) is 9.80. The van der Waals surface area contributed by atoms with Crippen molar-refractivity contribution in [3.63, 3.8) is 0 Å². The van der Waals surface area contributed by atoms with Gasteiger partial charge in [-0.1, -0.05) is 18.2 Å². The molecule has 8 heteroatoms. The van der Waals surface area contributed by atoms with Crippen molar-refractivity contribution in [1.29, 1.82) is 0 Å². The lowest BCUT2D eigenvalue weighted by molar-refractivity contribution is 0.143. The fraction of sp³-hybridized carbons (Fsp3) is 0.429. The van der Waals surface area contributed by atoms with E-state index in [0.717, 1.165) is 11.3 Å². The molecule has 0 aliphatic heterocycles. The molecular weight excluding hydrogens is 483 g/mol. The maximum Gasteiger partial charge on any atom is 0.213 e. The van der Waals surface area contributed by atoms with Crippen LogP contribution in [0.15, 0.2) is 47.6 Å². The lowest BCUT2D eigenvalue weighted by Gasteiger charge is -2.18. The Morgan fingerprint density at radius 3 is 2.66 bits per heavy atom. The number of pyridine rings is 1. The molecule has 2 rings (SSSR count). The number of benzene rings is 1. The van der Waals surface area contributed by atoms with Crippen LogP contribution in [0, 0.1) is 6.92 Å². The number of ether oxygens (including phenoxy) is 3. The summed E-state index contributed by atoms with van der Waals surface area (Å²) in [5.74, 6) is 2.17. The molecule has 0 saturated carbocycles. The molecule has 29 heavy (non-hydrogen) atoms. The van der Waals surface area contributed by atoms with Crippen LogP contribution in [0.1, 0.15) is 18.1 Å². The topological polar surface area (TPSA) is 77.0 Å². The highest BCUT2D eigenvalue weighted by Gasteiger charge is 2.06. The normalized spacial score (nSPS) is 11.9. The van der Waals surface area contributed by atoms with Gasteiger partial charge in [-0.05, 0) is 37.1 Å². The van der Waals surface area contributed by atoms with E-state index in [1.807, 2.05) is 37.3 Å². The van der Waals surface area contributed by atoms with Gasteiger partial charge in [0.2, 0.25) is 5.88 Å². The largest absolute Gasteiger partial charge is 0.489 e. The minimum Gasteiger partial charge on any atom is -0.489 e. The summed E-state index contributed by atoms with van der Waals surface area (Å²) in [6.07, 6.45) is 1.79. The zero-order valence-corrected chi connectivity index (χ0v) is 19.8. The number of hydrogen-bond acceptors (Lipinski definition) is 5. The average Bonchev–Trinajstić information content (AvgIpc) is 2.69. The van der Waals surface area contributed by atoms with E-state index >= 15 is 0 Å². The first-order valence-electron chi connectivity index (χ1n) is 9.35. The minimum atomic E-state index is 0. The van der Waals surface area contributed by atoms with Crippen LogP contribution in [0.2, 0.25) is 0 Å². The van der Waals surface area contributed by atoms with Crippen LogP contribution in [-0.2, 0) is 11.3 Å². The van der Waals surface area contributed by atoms with Crippen molar-refractivity contribution >= 4 is 29.9 Å². The average molecular weight is 514 g/mol. The Bertz CT molecular complexity index is 741. The molecular formula is C21H31IN4O3. The van der Waals surface area contributed by atoms with Crippen LogP contribution in [0.5, 0.6) is 11.6 Å². The number of methoxy groups -OCH3 is 1. The number of rotatable bonds is 10. The molecule has 1 unspecified atom stereocenters. The summed E-state index contributed by atoms with van der Waals surface area (Å²) in [5.41, 5.74) is 2.21. The molecule has 1 heterocycles. The molecule has 0 saturated heterocycles. The Hall–Kier alpha value is -2.07. The van der Waals surface area contributed by atoms with E-state index in [2.05, 4.69) is 33.6 Å². The first-order chi connectivity index (χ1) is 13.6. The first kappa shape index (κ1) is 25.0. The van der Waals surface area contributed by atoms with Gasteiger partial charge < -0.3 is 24.8 Å². The first-order valence-corrected chi connectivity index (χ1v) is 9.35. The molecule has 7 nitrogen and oxygen atoms in total. The lowest BCUT2D eigenvalue weighted by Crippen LogP contribution is -2.41. The predicted octanol–water partition coefficient (Wildman–Crippen LogP) is 3.17. The molecule has 0 radical (unpaired) electrons. The van der Waals surface area contributed by atoms with Crippen molar-refractivity contribution < 1.29 is 14.2 Å². The number of hydrogen-bond donors (Lipinski definition) is 2. The van der Waals surface area contributed by atoms with Gasteiger partial charge in [-0.25, -0.2) is 4.98 Å². The summed E-state index contributed by atoms with van der Waals surface area (Å²) in [6, 6.07) is 11.9. The second kappa shape index (κ2) is 14.0. The number of halogens is 1. The maximum absolute atomic E-state index is 5.93. The zero-order chi connectivity index (χ0) is 20.2. The van der Waals surface area contributed by atoms with Crippen molar-refractivity contribution in [2.45, 2.75) is 26.5 Å². The molecule has 0 aliphatic rings. The summed E-state index contributed by atoms with van der Waals surface area (Å²) < 4.78 is 16.3. The highest BCUT2D eigenvalue weighted by molar-refractivity contribution is 14.0. The molecule has 1 aromatic heterocycles. The molecule has 0 aliphatic carbocycles. The van der Waals surface area contributed by atoms with Crippen molar-refractivity contribution in [1.82, 2.24) is 15.6 Å². The Morgan fingerprint density at radius 2 is 2.00 bits per heavy atom. The van der Waals surface area contributed by atoms with Gasteiger partial charge in [-0.2, -0.15) is 0 Å².